The lowest BCUT2D eigenvalue weighted by Gasteiger charge is -2.41. The molecule has 3 rings (SSSR count). The maximum atomic E-state index is 4.49. The molecule has 19 heavy (non-hydrogen) atoms. The van der Waals surface area contributed by atoms with Gasteiger partial charge in [-0.2, -0.15) is 0 Å². The maximum Gasteiger partial charge on any atom is 0.200 e. The zero-order valence-electron chi connectivity index (χ0n) is 11.6. The van der Waals surface area contributed by atoms with Gasteiger partial charge in [-0.15, -0.1) is 14.8 Å². The van der Waals surface area contributed by atoms with Gasteiger partial charge in [0.1, 0.15) is 0 Å². The van der Waals surface area contributed by atoms with Crippen LogP contribution in [-0.4, -0.2) is 38.3 Å². The lowest BCUT2D eigenvalue weighted by Crippen LogP contribution is -2.42. The highest BCUT2D eigenvalue weighted by atomic mass is 15.6. The zero-order chi connectivity index (χ0) is 13.3. The summed E-state index contributed by atoms with van der Waals surface area (Å²) in [5, 5.41) is 15.9. The molecule has 1 unspecified atom stereocenters. The first-order chi connectivity index (χ1) is 9.20. The molecule has 1 aliphatic rings. The molecule has 6 nitrogen and oxygen atoms in total. The molecular weight excluding hydrogens is 240 g/mol. The molecule has 102 valence electrons. The lowest BCUT2D eigenvalue weighted by atomic mass is 9.78. The zero-order valence-corrected chi connectivity index (χ0v) is 11.6. The number of nitrogens with zero attached hydrogens (tertiary/aromatic N) is 6. The summed E-state index contributed by atoms with van der Waals surface area (Å²) in [6.07, 6.45) is 5.05. The number of hydrogen-bond donors (Lipinski definition) is 0. The summed E-state index contributed by atoms with van der Waals surface area (Å²) in [6, 6.07) is 3.94. The van der Waals surface area contributed by atoms with Crippen LogP contribution >= 0.6 is 0 Å². The number of hydrogen-bond acceptors (Lipinski definition) is 5. The van der Waals surface area contributed by atoms with Crippen LogP contribution in [0.15, 0.2) is 12.1 Å². The van der Waals surface area contributed by atoms with Crippen molar-refractivity contribution in [2.45, 2.75) is 39.5 Å². The topological polar surface area (TPSA) is 59.2 Å². The van der Waals surface area contributed by atoms with Gasteiger partial charge in [-0.3, -0.25) is 0 Å². The highest BCUT2D eigenvalue weighted by Gasteiger charge is 2.30. The van der Waals surface area contributed by atoms with Gasteiger partial charge in [0.15, 0.2) is 11.5 Å². The average molecular weight is 260 g/mol. The van der Waals surface area contributed by atoms with Gasteiger partial charge in [-0.1, -0.05) is 20.3 Å². The van der Waals surface area contributed by atoms with Crippen molar-refractivity contribution in [3.8, 4) is 0 Å². The van der Waals surface area contributed by atoms with Crippen molar-refractivity contribution in [3.63, 3.8) is 0 Å². The first-order valence-corrected chi connectivity index (χ1v) is 7.01. The Kier molecular flexibility index (Phi) is 3.08. The third kappa shape index (κ3) is 2.39. The van der Waals surface area contributed by atoms with Gasteiger partial charge in [-0.05, 0) is 47.2 Å². The van der Waals surface area contributed by atoms with E-state index in [0.29, 0.717) is 11.1 Å². The van der Waals surface area contributed by atoms with Crippen molar-refractivity contribution in [3.05, 3.63) is 12.1 Å². The maximum absolute atomic E-state index is 4.49. The fourth-order valence-electron chi connectivity index (χ4n) is 3.13. The van der Waals surface area contributed by atoms with Crippen molar-refractivity contribution >= 4 is 11.5 Å². The highest BCUT2D eigenvalue weighted by Crippen LogP contribution is 2.35. The van der Waals surface area contributed by atoms with Crippen molar-refractivity contribution < 1.29 is 0 Å². The number of rotatable bonds is 3. The van der Waals surface area contributed by atoms with E-state index in [9.17, 15) is 0 Å². The van der Waals surface area contributed by atoms with Crippen molar-refractivity contribution in [1.29, 1.82) is 0 Å². The Balaban J connectivity index is 1.84. The Morgan fingerprint density at radius 3 is 3.11 bits per heavy atom. The Labute approximate surface area is 112 Å². The van der Waals surface area contributed by atoms with Crippen LogP contribution in [0.4, 0.5) is 5.82 Å². The minimum absolute atomic E-state index is 0.407. The quantitative estimate of drug-likeness (QED) is 0.844. The molecule has 1 aliphatic heterocycles. The summed E-state index contributed by atoms with van der Waals surface area (Å²) in [4.78, 5) is 2.36. The summed E-state index contributed by atoms with van der Waals surface area (Å²) in [7, 11) is 0. The van der Waals surface area contributed by atoms with Crippen molar-refractivity contribution in [1.82, 2.24) is 25.3 Å². The van der Waals surface area contributed by atoms with Crippen molar-refractivity contribution in [2.75, 3.05) is 18.0 Å². The van der Waals surface area contributed by atoms with Crippen LogP contribution in [-0.2, 0) is 0 Å². The van der Waals surface area contributed by atoms with Crippen LogP contribution in [0.2, 0.25) is 0 Å². The van der Waals surface area contributed by atoms with E-state index in [1.54, 1.807) is 0 Å². The second-order valence-electron chi connectivity index (χ2n) is 5.80. The molecule has 0 spiro atoms. The predicted molar refractivity (Wildman–Crippen MR) is 73.0 cm³/mol. The second kappa shape index (κ2) is 4.75. The molecule has 1 fully saturated rings. The van der Waals surface area contributed by atoms with Gasteiger partial charge in [0.2, 0.25) is 0 Å². The molecule has 1 atom stereocenters. The van der Waals surface area contributed by atoms with E-state index in [0.717, 1.165) is 18.9 Å². The van der Waals surface area contributed by atoms with Crippen LogP contribution < -0.4 is 4.90 Å². The lowest BCUT2D eigenvalue weighted by molar-refractivity contribution is 0.238. The molecule has 3 heterocycles. The highest BCUT2D eigenvalue weighted by molar-refractivity contribution is 5.44. The molecule has 1 saturated heterocycles. The molecule has 0 saturated carbocycles. The van der Waals surface area contributed by atoms with Crippen molar-refractivity contribution in [2.24, 2.45) is 5.41 Å². The van der Waals surface area contributed by atoms with E-state index in [1.165, 1.54) is 30.3 Å². The summed E-state index contributed by atoms with van der Waals surface area (Å²) in [5.41, 5.74) is 1.10. The molecular formula is C13H20N6. The number of tetrazole rings is 1. The van der Waals surface area contributed by atoms with E-state index in [2.05, 4.69) is 39.4 Å². The summed E-state index contributed by atoms with van der Waals surface area (Å²) in [5.74, 6) is 0.974. The van der Waals surface area contributed by atoms with Gasteiger partial charge in [-0.25, -0.2) is 0 Å². The van der Waals surface area contributed by atoms with Gasteiger partial charge in [0, 0.05) is 13.1 Å². The Morgan fingerprint density at radius 1 is 1.37 bits per heavy atom. The largest absolute Gasteiger partial charge is 0.355 e. The minimum Gasteiger partial charge on any atom is -0.355 e. The van der Waals surface area contributed by atoms with Crippen LogP contribution in [0.3, 0.4) is 0 Å². The van der Waals surface area contributed by atoms with Crippen LogP contribution in [0, 0.1) is 5.41 Å². The van der Waals surface area contributed by atoms with Crippen LogP contribution in [0.1, 0.15) is 39.5 Å². The fourth-order valence-corrected chi connectivity index (χ4v) is 3.13. The Hall–Kier alpha value is -1.72. The first kappa shape index (κ1) is 12.3. The standard InChI is InChI=1S/C13H20N6/c1-3-7-13(2)8-4-9-18(10-13)12-6-5-11-14-16-17-19(11)15-12/h5-6H,3-4,7-10H2,1-2H3. The first-order valence-electron chi connectivity index (χ1n) is 7.01. The van der Waals surface area contributed by atoms with E-state index in [-0.39, 0.29) is 0 Å². The van der Waals surface area contributed by atoms with E-state index < -0.39 is 0 Å². The number of anilines is 1. The molecule has 0 radical (unpaired) electrons. The van der Waals surface area contributed by atoms with Crippen LogP contribution in [0.5, 0.6) is 0 Å². The third-order valence-corrected chi connectivity index (χ3v) is 4.01. The molecule has 2 aromatic heterocycles. The SMILES string of the molecule is CCCC1(C)CCCN(c2ccc3nnnn3n2)C1. The Bertz CT molecular complexity index is 561. The summed E-state index contributed by atoms with van der Waals surface area (Å²) < 4.78 is 1.50. The molecule has 2 aromatic rings. The number of aromatic nitrogens is 5. The van der Waals surface area contributed by atoms with Gasteiger partial charge >= 0.3 is 0 Å². The summed E-state index contributed by atoms with van der Waals surface area (Å²) >= 11 is 0. The number of piperidine rings is 1. The molecule has 0 N–H and O–H groups in total. The van der Waals surface area contributed by atoms with E-state index >= 15 is 0 Å². The van der Waals surface area contributed by atoms with E-state index in [4.69, 9.17) is 0 Å². The Morgan fingerprint density at radius 2 is 2.26 bits per heavy atom. The van der Waals surface area contributed by atoms with Gasteiger partial charge in [0.25, 0.3) is 0 Å². The molecule has 6 heteroatoms. The second-order valence-corrected chi connectivity index (χ2v) is 5.80. The normalized spacial score (nSPS) is 24.0. The van der Waals surface area contributed by atoms with Gasteiger partial charge < -0.3 is 4.90 Å². The van der Waals surface area contributed by atoms with Crippen LogP contribution in [0.25, 0.3) is 5.65 Å². The monoisotopic (exact) mass is 260 g/mol. The van der Waals surface area contributed by atoms with Gasteiger partial charge in [0.05, 0.1) is 0 Å². The van der Waals surface area contributed by atoms with E-state index in [1.807, 2.05) is 12.1 Å². The average Bonchev–Trinajstić information content (AvgIpc) is 2.85. The number of fused-ring (bicyclic) bond motifs is 1. The molecule has 0 amide bonds. The molecule has 0 aliphatic carbocycles. The fraction of sp³-hybridized carbons (Fsp3) is 0.692. The predicted octanol–water partition coefficient (Wildman–Crippen LogP) is 1.93. The third-order valence-electron chi connectivity index (χ3n) is 4.01. The minimum atomic E-state index is 0.407. The smallest absolute Gasteiger partial charge is 0.200 e. The summed E-state index contributed by atoms with van der Waals surface area (Å²) in [6.45, 7) is 6.79. The molecule has 0 bridgehead atoms. The molecule has 0 aromatic carbocycles.